The lowest BCUT2D eigenvalue weighted by Gasteiger charge is -2.27. The molecule has 0 radical (unpaired) electrons. The van der Waals surface area contributed by atoms with Gasteiger partial charge in [0.1, 0.15) is 0 Å². The Morgan fingerprint density at radius 3 is 2.53 bits per heavy atom. The minimum absolute atomic E-state index is 0.177. The zero-order chi connectivity index (χ0) is 14.1. The van der Waals surface area contributed by atoms with Gasteiger partial charge in [-0.05, 0) is 18.9 Å². The Bertz CT molecular complexity index is 334. The van der Waals surface area contributed by atoms with Crippen molar-refractivity contribution in [2.45, 2.75) is 53.2 Å². The molecule has 0 aromatic heterocycles. The lowest BCUT2D eigenvalue weighted by molar-refractivity contribution is 0.00813. The Balaban J connectivity index is 2.23. The highest BCUT2D eigenvalue weighted by atomic mass is 16.5. The molecule has 1 atom stereocenters. The first kappa shape index (κ1) is 16.2. The van der Waals surface area contributed by atoms with Crippen molar-refractivity contribution in [3.05, 3.63) is 35.9 Å². The number of rotatable bonds is 9. The van der Waals surface area contributed by atoms with Gasteiger partial charge in [-0.25, -0.2) is 0 Å². The van der Waals surface area contributed by atoms with Gasteiger partial charge in [0.15, 0.2) is 0 Å². The highest BCUT2D eigenvalue weighted by Crippen LogP contribution is 2.16. The Kier molecular flexibility index (Phi) is 7.11. The molecule has 0 heterocycles. The summed E-state index contributed by atoms with van der Waals surface area (Å²) in [6.45, 7) is 11.6. The van der Waals surface area contributed by atoms with Crippen molar-refractivity contribution >= 4 is 0 Å². The van der Waals surface area contributed by atoms with Gasteiger partial charge in [-0.3, -0.25) is 0 Å². The van der Waals surface area contributed by atoms with E-state index in [1.165, 1.54) is 12.0 Å². The Morgan fingerprint density at radius 1 is 1.21 bits per heavy atom. The normalized spacial score (nSPS) is 13.5. The highest BCUT2D eigenvalue weighted by molar-refractivity contribution is 5.14. The van der Waals surface area contributed by atoms with Gasteiger partial charge in [0.25, 0.3) is 0 Å². The predicted octanol–water partition coefficient (Wildman–Crippen LogP) is 4.01. The van der Waals surface area contributed by atoms with Crippen LogP contribution in [0.2, 0.25) is 0 Å². The molecule has 1 aromatic carbocycles. The molecule has 108 valence electrons. The molecule has 1 unspecified atom stereocenters. The van der Waals surface area contributed by atoms with Crippen LogP contribution in [0, 0.1) is 5.41 Å². The number of nitrogens with one attached hydrogen (secondary N) is 1. The lowest BCUT2D eigenvalue weighted by atomic mass is 9.94. The first-order valence-corrected chi connectivity index (χ1v) is 7.40. The fourth-order valence-electron chi connectivity index (χ4n) is 2.05. The van der Waals surface area contributed by atoms with Crippen LogP contribution in [-0.2, 0) is 11.3 Å². The summed E-state index contributed by atoms with van der Waals surface area (Å²) >= 11 is 0. The molecular weight excluding hydrogens is 234 g/mol. The molecule has 1 rings (SSSR count). The molecule has 0 amide bonds. The van der Waals surface area contributed by atoms with Crippen molar-refractivity contribution in [2.24, 2.45) is 5.41 Å². The third-order valence-corrected chi connectivity index (χ3v) is 3.23. The van der Waals surface area contributed by atoms with Crippen LogP contribution in [0.25, 0.3) is 0 Å². The highest BCUT2D eigenvalue weighted by Gasteiger charge is 2.18. The fourth-order valence-corrected chi connectivity index (χ4v) is 2.05. The van der Waals surface area contributed by atoms with Gasteiger partial charge in [0.2, 0.25) is 0 Å². The lowest BCUT2D eigenvalue weighted by Crippen LogP contribution is -2.34. The second-order valence-corrected chi connectivity index (χ2v) is 6.16. The minimum Gasteiger partial charge on any atom is -0.378 e. The van der Waals surface area contributed by atoms with Crippen molar-refractivity contribution in [3.63, 3.8) is 0 Å². The zero-order valence-corrected chi connectivity index (χ0v) is 12.9. The van der Waals surface area contributed by atoms with Crippen LogP contribution < -0.4 is 5.32 Å². The van der Waals surface area contributed by atoms with E-state index in [0.717, 1.165) is 26.1 Å². The molecule has 2 heteroatoms. The SMILES string of the molecule is CCCC(C)OCC(C)(C)CNCc1ccccc1. The molecule has 0 aliphatic heterocycles. The summed E-state index contributed by atoms with van der Waals surface area (Å²) in [5.74, 6) is 0. The monoisotopic (exact) mass is 263 g/mol. The molecule has 0 spiro atoms. The molecule has 19 heavy (non-hydrogen) atoms. The Labute approximate surface area is 118 Å². The molecular formula is C17H29NO. The maximum absolute atomic E-state index is 5.91. The summed E-state index contributed by atoms with van der Waals surface area (Å²) in [5.41, 5.74) is 1.51. The molecule has 1 aromatic rings. The van der Waals surface area contributed by atoms with Crippen LogP contribution in [0.1, 0.15) is 46.1 Å². The maximum atomic E-state index is 5.91. The zero-order valence-electron chi connectivity index (χ0n) is 12.9. The van der Waals surface area contributed by atoms with Crippen LogP contribution in [0.15, 0.2) is 30.3 Å². The van der Waals surface area contributed by atoms with Crippen LogP contribution in [-0.4, -0.2) is 19.3 Å². The molecule has 0 bridgehead atoms. The summed E-state index contributed by atoms with van der Waals surface area (Å²) < 4.78 is 5.91. The largest absolute Gasteiger partial charge is 0.378 e. The first-order valence-electron chi connectivity index (χ1n) is 7.40. The fraction of sp³-hybridized carbons (Fsp3) is 0.647. The van der Waals surface area contributed by atoms with Crippen LogP contribution in [0.4, 0.5) is 0 Å². The van der Waals surface area contributed by atoms with E-state index in [1.54, 1.807) is 0 Å². The smallest absolute Gasteiger partial charge is 0.0547 e. The third kappa shape index (κ3) is 7.34. The van der Waals surface area contributed by atoms with Crippen LogP contribution >= 0.6 is 0 Å². The minimum atomic E-state index is 0.177. The molecule has 2 nitrogen and oxygen atoms in total. The summed E-state index contributed by atoms with van der Waals surface area (Å²) in [4.78, 5) is 0. The van der Waals surface area contributed by atoms with Gasteiger partial charge in [-0.1, -0.05) is 57.5 Å². The van der Waals surface area contributed by atoms with Gasteiger partial charge in [-0.15, -0.1) is 0 Å². The van der Waals surface area contributed by atoms with Crippen LogP contribution in [0.5, 0.6) is 0 Å². The van der Waals surface area contributed by atoms with E-state index in [2.05, 4.69) is 63.3 Å². The molecule has 0 saturated carbocycles. The quantitative estimate of drug-likeness (QED) is 0.727. The average molecular weight is 263 g/mol. The van der Waals surface area contributed by atoms with Gasteiger partial charge in [0, 0.05) is 18.5 Å². The van der Waals surface area contributed by atoms with Gasteiger partial charge in [-0.2, -0.15) is 0 Å². The maximum Gasteiger partial charge on any atom is 0.0547 e. The third-order valence-electron chi connectivity index (χ3n) is 3.23. The van der Waals surface area contributed by atoms with Gasteiger partial charge in [0.05, 0.1) is 12.7 Å². The van der Waals surface area contributed by atoms with Crippen molar-refractivity contribution in [3.8, 4) is 0 Å². The van der Waals surface area contributed by atoms with Gasteiger partial charge >= 0.3 is 0 Å². The van der Waals surface area contributed by atoms with E-state index >= 15 is 0 Å². The van der Waals surface area contributed by atoms with E-state index in [-0.39, 0.29) is 5.41 Å². The number of benzene rings is 1. The predicted molar refractivity (Wildman–Crippen MR) is 82.3 cm³/mol. The summed E-state index contributed by atoms with van der Waals surface area (Å²) in [5, 5.41) is 3.52. The van der Waals surface area contributed by atoms with Crippen molar-refractivity contribution in [1.82, 2.24) is 5.32 Å². The number of hydrogen-bond donors (Lipinski definition) is 1. The van der Waals surface area contributed by atoms with Crippen molar-refractivity contribution in [2.75, 3.05) is 13.2 Å². The van der Waals surface area contributed by atoms with E-state index in [4.69, 9.17) is 4.74 Å². The van der Waals surface area contributed by atoms with Crippen molar-refractivity contribution < 1.29 is 4.74 Å². The number of ether oxygens (including phenoxy) is 1. The van der Waals surface area contributed by atoms with E-state index < -0.39 is 0 Å². The molecule has 0 saturated heterocycles. The summed E-state index contributed by atoms with van der Waals surface area (Å²) in [7, 11) is 0. The second kappa shape index (κ2) is 8.34. The standard InChI is InChI=1S/C17H29NO/c1-5-9-15(2)19-14-17(3,4)13-18-12-16-10-7-6-8-11-16/h6-8,10-11,15,18H,5,9,12-14H2,1-4H3. The first-order chi connectivity index (χ1) is 9.03. The Hall–Kier alpha value is -0.860. The van der Waals surface area contributed by atoms with E-state index in [9.17, 15) is 0 Å². The molecule has 1 N–H and O–H groups in total. The molecule has 0 fully saturated rings. The van der Waals surface area contributed by atoms with Gasteiger partial charge < -0.3 is 10.1 Å². The van der Waals surface area contributed by atoms with Crippen molar-refractivity contribution in [1.29, 1.82) is 0 Å². The molecule has 0 aliphatic carbocycles. The van der Waals surface area contributed by atoms with E-state index in [0.29, 0.717) is 6.10 Å². The topological polar surface area (TPSA) is 21.3 Å². The average Bonchev–Trinajstić information content (AvgIpc) is 2.38. The van der Waals surface area contributed by atoms with E-state index in [1.807, 2.05) is 0 Å². The Morgan fingerprint density at radius 2 is 1.89 bits per heavy atom. The molecule has 0 aliphatic rings. The summed E-state index contributed by atoms with van der Waals surface area (Å²) in [6.07, 6.45) is 2.71. The summed E-state index contributed by atoms with van der Waals surface area (Å²) in [6, 6.07) is 10.5. The second-order valence-electron chi connectivity index (χ2n) is 6.16. The number of hydrogen-bond acceptors (Lipinski definition) is 2. The van der Waals surface area contributed by atoms with Crippen LogP contribution in [0.3, 0.4) is 0 Å².